The molecule has 0 spiro atoms. The van der Waals surface area contributed by atoms with Crippen molar-refractivity contribution in [3.05, 3.63) is 29.8 Å². The van der Waals surface area contributed by atoms with Crippen molar-refractivity contribution in [2.24, 2.45) is 12.9 Å². The number of aryl methyl sites for hydroxylation is 1. The van der Waals surface area contributed by atoms with Gasteiger partial charge in [0.25, 0.3) is 0 Å². The molecule has 0 atom stereocenters. The van der Waals surface area contributed by atoms with Gasteiger partial charge in [-0.15, -0.1) is 0 Å². The second-order valence-corrected chi connectivity index (χ2v) is 4.80. The Morgan fingerprint density at radius 1 is 1.40 bits per heavy atom. The third-order valence-electron chi connectivity index (χ3n) is 3.10. The van der Waals surface area contributed by atoms with Crippen molar-refractivity contribution in [3.63, 3.8) is 0 Å². The molecule has 0 aromatic carbocycles. The Bertz CT molecular complexity index is 564. The first kappa shape index (κ1) is 14.3. The van der Waals surface area contributed by atoms with Gasteiger partial charge in [-0.2, -0.15) is 5.10 Å². The van der Waals surface area contributed by atoms with E-state index >= 15 is 0 Å². The summed E-state index contributed by atoms with van der Waals surface area (Å²) in [5.41, 5.74) is 4.83. The average Bonchev–Trinajstić information content (AvgIpc) is 2.84. The number of hydrogen-bond donors (Lipinski definition) is 2. The first-order valence-electron chi connectivity index (χ1n) is 6.64. The Labute approximate surface area is 118 Å². The van der Waals surface area contributed by atoms with Crippen LogP contribution in [0.1, 0.15) is 24.5 Å². The summed E-state index contributed by atoms with van der Waals surface area (Å²) in [5.74, 6) is 7.12. The van der Waals surface area contributed by atoms with E-state index in [1.807, 2.05) is 26.5 Å². The van der Waals surface area contributed by atoms with Crippen molar-refractivity contribution in [2.45, 2.75) is 26.3 Å². The van der Waals surface area contributed by atoms with E-state index in [1.165, 1.54) is 6.33 Å². The number of anilines is 2. The smallest absolute Gasteiger partial charge is 0.148 e. The van der Waals surface area contributed by atoms with Crippen LogP contribution in [0.4, 0.5) is 11.6 Å². The third kappa shape index (κ3) is 3.05. The van der Waals surface area contributed by atoms with Gasteiger partial charge in [-0.05, 0) is 6.42 Å². The fraction of sp³-hybridized carbons (Fsp3) is 0.462. The molecule has 0 amide bonds. The second kappa shape index (κ2) is 6.33. The van der Waals surface area contributed by atoms with Crippen LogP contribution in [-0.2, 0) is 20.0 Å². The van der Waals surface area contributed by atoms with Crippen LogP contribution in [0.25, 0.3) is 0 Å². The zero-order valence-electron chi connectivity index (χ0n) is 12.2. The number of hydrogen-bond acceptors (Lipinski definition) is 6. The molecule has 0 aliphatic rings. The normalized spacial score (nSPS) is 10.6. The predicted octanol–water partition coefficient (Wildman–Crippen LogP) is 1.08. The number of rotatable bonds is 6. The van der Waals surface area contributed by atoms with Gasteiger partial charge < -0.3 is 10.3 Å². The summed E-state index contributed by atoms with van der Waals surface area (Å²) >= 11 is 0. The molecule has 0 radical (unpaired) electrons. The zero-order valence-corrected chi connectivity index (χ0v) is 12.2. The van der Waals surface area contributed by atoms with Crippen LogP contribution in [0.3, 0.4) is 0 Å². The monoisotopic (exact) mass is 275 g/mol. The number of nitrogens with two attached hydrogens (primary N) is 1. The highest BCUT2D eigenvalue weighted by molar-refractivity contribution is 5.58. The topological polar surface area (TPSA) is 84.9 Å². The maximum atomic E-state index is 5.53. The molecule has 0 saturated heterocycles. The summed E-state index contributed by atoms with van der Waals surface area (Å²) in [4.78, 5) is 10.7. The first-order valence-corrected chi connectivity index (χ1v) is 6.64. The maximum absolute atomic E-state index is 5.53. The molecule has 0 aliphatic carbocycles. The van der Waals surface area contributed by atoms with Gasteiger partial charge in [0, 0.05) is 38.0 Å². The van der Waals surface area contributed by atoms with Crippen LogP contribution in [-0.4, -0.2) is 26.8 Å². The zero-order chi connectivity index (χ0) is 14.5. The summed E-state index contributed by atoms with van der Waals surface area (Å²) < 4.78 is 1.79. The van der Waals surface area contributed by atoms with Crippen molar-refractivity contribution in [1.82, 2.24) is 19.7 Å². The van der Waals surface area contributed by atoms with E-state index < -0.39 is 0 Å². The quantitative estimate of drug-likeness (QED) is 0.606. The summed E-state index contributed by atoms with van der Waals surface area (Å²) in [7, 11) is 3.92. The molecule has 7 nitrogen and oxygen atoms in total. The van der Waals surface area contributed by atoms with Gasteiger partial charge in [0.05, 0.1) is 6.20 Å². The van der Waals surface area contributed by atoms with Crippen molar-refractivity contribution >= 4 is 11.6 Å². The molecular formula is C13H21N7. The lowest BCUT2D eigenvalue weighted by Gasteiger charge is -2.21. The number of nitrogens with one attached hydrogen (secondary N) is 1. The Morgan fingerprint density at radius 3 is 2.80 bits per heavy atom. The van der Waals surface area contributed by atoms with E-state index in [2.05, 4.69) is 32.3 Å². The molecule has 0 saturated carbocycles. The van der Waals surface area contributed by atoms with E-state index in [1.54, 1.807) is 4.68 Å². The fourth-order valence-corrected chi connectivity index (χ4v) is 2.24. The standard InChI is InChI=1S/C13H21N7/c1-4-5-11-12(18-14)15-9-16-13(11)19(2)7-10-6-17-20(3)8-10/h6,8-9H,4-5,7,14H2,1-3H3,(H,15,16,18). The van der Waals surface area contributed by atoms with Crippen LogP contribution in [0.15, 0.2) is 18.7 Å². The van der Waals surface area contributed by atoms with E-state index in [-0.39, 0.29) is 0 Å². The fourth-order valence-electron chi connectivity index (χ4n) is 2.24. The van der Waals surface area contributed by atoms with Crippen LogP contribution in [0.5, 0.6) is 0 Å². The third-order valence-corrected chi connectivity index (χ3v) is 3.10. The molecule has 0 bridgehead atoms. The van der Waals surface area contributed by atoms with Gasteiger partial charge in [0.15, 0.2) is 0 Å². The lowest BCUT2D eigenvalue weighted by Crippen LogP contribution is -2.21. The molecular weight excluding hydrogens is 254 g/mol. The summed E-state index contributed by atoms with van der Waals surface area (Å²) in [6.45, 7) is 2.86. The van der Waals surface area contributed by atoms with E-state index in [0.29, 0.717) is 5.82 Å². The highest BCUT2D eigenvalue weighted by atomic mass is 15.3. The molecule has 20 heavy (non-hydrogen) atoms. The van der Waals surface area contributed by atoms with Crippen LogP contribution in [0, 0.1) is 0 Å². The lowest BCUT2D eigenvalue weighted by atomic mass is 10.1. The van der Waals surface area contributed by atoms with Crippen LogP contribution >= 0.6 is 0 Å². The minimum atomic E-state index is 0.690. The van der Waals surface area contributed by atoms with Gasteiger partial charge in [-0.1, -0.05) is 13.3 Å². The first-order chi connectivity index (χ1) is 9.65. The van der Waals surface area contributed by atoms with Crippen LogP contribution < -0.4 is 16.2 Å². The Balaban J connectivity index is 2.26. The molecule has 0 unspecified atom stereocenters. The van der Waals surface area contributed by atoms with Gasteiger partial charge >= 0.3 is 0 Å². The molecule has 7 heteroatoms. The van der Waals surface area contributed by atoms with E-state index in [9.17, 15) is 0 Å². The number of nitrogens with zero attached hydrogens (tertiary/aromatic N) is 5. The number of hydrazine groups is 1. The predicted molar refractivity (Wildman–Crippen MR) is 79.2 cm³/mol. The average molecular weight is 275 g/mol. The number of aromatic nitrogens is 4. The van der Waals surface area contributed by atoms with Crippen LogP contribution in [0.2, 0.25) is 0 Å². The van der Waals surface area contributed by atoms with Crippen molar-refractivity contribution in [3.8, 4) is 0 Å². The molecule has 2 heterocycles. The van der Waals surface area contributed by atoms with Gasteiger partial charge in [-0.3, -0.25) is 4.68 Å². The van der Waals surface area contributed by atoms with Crippen molar-refractivity contribution in [2.75, 3.05) is 17.4 Å². The maximum Gasteiger partial charge on any atom is 0.148 e. The van der Waals surface area contributed by atoms with E-state index in [0.717, 1.165) is 36.3 Å². The Kier molecular flexibility index (Phi) is 4.52. The molecule has 2 rings (SSSR count). The van der Waals surface area contributed by atoms with Gasteiger partial charge in [-0.25, -0.2) is 15.8 Å². The molecule has 108 valence electrons. The molecule has 0 fully saturated rings. The molecule has 0 aliphatic heterocycles. The summed E-state index contributed by atoms with van der Waals surface area (Å²) in [6.07, 6.45) is 7.28. The SMILES string of the molecule is CCCc1c(NN)ncnc1N(C)Cc1cnn(C)c1. The highest BCUT2D eigenvalue weighted by Crippen LogP contribution is 2.24. The van der Waals surface area contributed by atoms with Gasteiger partial charge in [0.2, 0.25) is 0 Å². The van der Waals surface area contributed by atoms with E-state index in [4.69, 9.17) is 5.84 Å². The summed E-state index contributed by atoms with van der Waals surface area (Å²) in [5, 5.41) is 4.18. The minimum Gasteiger partial charge on any atom is -0.355 e. The number of nitrogen functional groups attached to an aromatic ring is 1. The summed E-state index contributed by atoms with van der Waals surface area (Å²) in [6, 6.07) is 0. The highest BCUT2D eigenvalue weighted by Gasteiger charge is 2.14. The molecule has 3 N–H and O–H groups in total. The molecule has 2 aromatic heterocycles. The second-order valence-electron chi connectivity index (χ2n) is 4.80. The van der Waals surface area contributed by atoms with Crippen molar-refractivity contribution in [1.29, 1.82) is 0 Å². The Morgan fingerprint density at radius 2 is 2.20 bits per heavy atom. The largest absolute Gasteiger partial charge is 0.355 e. The van der Waals surface area contributed by atoms with Gasteiger partial charge in [0.1, 0.15) is 18.0 Å². The van der Waals surface area contributed by atoms with Crippen molar-refractivity contribution < 1.29 is 0 Å². The minimum absolute atomic E-state index is 0.690. The lowest BCUT2D eigenvalue weighted by molar-refractivity contribution is 0.766. The molecule has 2 aromatic rings. The Hall–Kier alpha value is -2.15.